The maximum Gasteiger partial charge on any atom is 0.266 e. The second kappa shape index (κ2) is 12.6. The number of carbonyl (C=O) groups is 1. The molecule has 4 aromatic rings. The molecular weight excluding hydrogens is 500 g/mol. The summed E-state index contributed by atoms with van der Waals surface area (Å²) in [6.45, 7) is 5.03. The summed E-state index contributed by atoms with van der Waals surface area (Å²) in [6, 6.07) is 24.0. The van der Waals surface area contributed by atoms with E-state index in [1.165, 1.54) is 6.08 Å². The Morgan fingerprint density at radius 2 is 1.84 bits per heavy atom. The molecule has 0 saturated carbocycles. The Morgan fingerprint density at radius 3 is 2.50 bits per heavy atom. The van der Waals surface area contributed by atoms with Gasteiger partial charge in [0, 0.05) is 23.0 Å². The van der Waals surface area contributed by atoms with E-state index < -0.39 is 5.91 Å². The lowest BCUT2D eigenvalue weighted by molar-refractivity contribution is -0.112. The molecule has 0 aliphatic carbocycles. The van der Waals surface area contributed by atoms with E-state index in [4.69, 9.17) is 26.2 Å². The average molecular weight is 527 g/mol. The van der Waals surface area contributed by atoms with Crippen molar-refractivity contribution in [3.05, 3.63) is 95.2 Å². The second-order valence-electron chi connectivity index (χ2n) is 8.29. The number of ether oxygens (including phenoxy) is 2. The fourth-order valence-corrected chi connectivity index (χ4v) is 3.95. The van der Waals surface area contributed by atoms with Crippen LogP contribution in [0.15, 0.2) is 84.6 Å². The topological polar surface area (TPSA) is 89.2 Å². The zero-order valence-electron chi connectivity index (χ0n) is 21.1. The number of rotatable bonds is 10. The Hall–Kier alpha value is -4.54. The molecule has 192 valence electrons. The number of aromatic nitrogens is 2. The quantitative estimate of drug-likeness (QED) is 0.179. The van der Waals surface area contributed by atoms with Crippen molar-refractivity contribution in [3.63, 3.8) is 0 Å². The van der Waals surface area contributed by atoms with E-state index in [0.717, 1.165) is 17.7 Å². The van der Waals surface area contributed by atoms with Gasteiger partial charge in [0.15, 0.2) is 0 Å². The summed E-state index contributed by atoms with van der Waals surface area (Å²) in [4.78, 5) is 13.0. The zero-order valence-corrected chi connectivity index (χ0v) is 21.9. The highest BCUT2D eigenvalue weighted by Crippen LogP contribution is 2.33. The fourth-order valence-electron chi connectivity index (χ4n) is 3.71. The first-order valence-corrected chi connectivity index (χ1v) is 12.6. The van der Waals surface area contributed by atoms with Crippen molar-refractivity contribution in [1.29, 1.82) is 5.26 Å². The molecule has 0 spiro atoms. The minimum Gasteiger partial charge on any atom is -0.494 e. The molecule has 3 aromatic carbocycles. The molecule has 1 N–H and O–H groups in total. The van der Waals surface area contributed by atoms with Gasteiger partial charge in [-0.25, -0.2) is 4.68 Å². The van der Waals surface area contributed by atoms with Crippen molar-refractivity contribution in [2.75, 3.05) is 18.5 Å². The summed E-state index contributed by atoms with van der Waals surface area (Å²) in [5, 5.41) is 17.8. The van der Waals surface area contributed by atoms with Crippen LogP contribution in [0, 0.1) is 11.3 Å². The lowest BCUT2D eigenvalue weighted by Crippen LogP contribution is -2.13. The van der Waals surface area contributed by atoms with E-state index in [2.05, 4.69) is 5.32 Å². The van der Waals surface area contributed by atoms with Gasteiger partial charge in [-0.05, 0) is 74.0 Å². The summed E-state index contributed by atoms with van der Waals surface area (Å²) >= 11 is 6.50. The van der Waals surface area contributed by atoms with Gasteiger partial charge in [-0.15, -0.1) is 0 Å². The molecule has 0 aliphatic heterocycles. The van der Waals surface area contributed by atoms with Crippen LogP contribution in [0.5, 0.6) is 11.5 Å². The molecular formula is C30H27ClN4O3. The van der Waals surface area contributed by atoms with Crippen molar-refractivity contribution in [1.82, 2.24) is 9.78 Å². The molecule has 0 atom stereocenters. The summed E-state index contributed by atoms with van der Waals surface area (Å²) in [6.07, 6.45) is 4.17. The lowest BCUT2D eigenvalue weighted by Gasteiger charge is -2.08. The van der Waals surface area contributed by atoms with E-state index in [1.54, 1.807) is 47.3 Å². The maximum absolute atomic E-state index is 13.0. The highest BCUT2D eigenvalue weighted by Gasteiger charge is 2.17. The van der Waals surface area contributed by atoms with Gasteiger partial charge in [-0.3, -0.25) is 4.79 Å². The van der Waals surface area contributed by atoms with Gasteiger partial charge >= 0.3 is 0 Å². The van der Waals surface area contributed by atoms with Gasteiger partial charge < -0.3 is 14.8 Å². The predicted octanol–water partition coefficient (Wildman–Crippen LogP) is 6.93. The van der Waals surface area contributed by atoms with Crippen molar-refractivity contribution in [2.45, 2.75) is 20.3 Å². The van der Waals surface area contributed by atoms with Crippen molar-refractivity contribution < 1.29 is 14.3 Å². The van der Waals surface area contributed by atoms with Crippen LogP contribution in [0.4, 0.5) is 5.69 Å². The Kier molecular flexibility index (Phi) is 8.81. The number of hydrogen-bond donors (Lipinski definition) is 1. The van der Waals surface area contributed by atoms with E-state index >= 15 is 0 Å². The van der Waals surface area contributed by atoms with Gasteiger partial charge in [-0.2, -0.15) is 10.4 Å². The first kappa shape index (κ1) is 26.5. The molecule has 0 fully saturated rings. The minimum atomic E-state index is -0.531. The van der Waals surface area contributed by atoms with Gasteiger partial charge in [0.2, 0.25) is 0 Å². The SMILES string of the molecule is CCCOc1ccc(-c2nn(-c3ccccc3)cc2C=C(C#N)C(=O)Nc2ccc(OCC)cc2)cc1Cl. The highest BCUT2D eigenvalue weighted by molar-refractivity contribution is 6.32. The monoisotopic (exact) mass is 526 g/mol. The minimum absolute atomic E-state index is 0.0678. The third-order valence-electron chi connectivity index (χ3n) is 5.52. The van der Waals surface area contributed by atoms with Gasteiger partial charge in [-0.1, -0.05) is 36.7 Å². The number of anilines is 1. The Labute approximate surface area is 226 Å². The molecule has 1 aromatic heterocycles. The molecule has 1 amide bonds. The average Bonchev–Trinajstić information content (AvgIpc) is 3.36. The third kappa shape index (κ3) is 6.41. The number of para-hydroxylation sites is 1. The Balaban J connectivity index is 1.69. The van der Waals surface area contributed by atoms with Crippen LogP contribution in [0.1, 0.15) is 25.8 Å². The third-order valence-corrected chi connectivity index (χ3v) is 5.81. The van der Waals surface area contributed by atoms with Crippen LogP contribution < -0.4 is 14.8 Å². The van der Waals surface area contributed by atoms with Crippen LogP contribution in [-0.4, -0.2) is 28.9 Å². The summed E-state index contributed by atoms with van der Waals surface area (Å²) in [5.41, 5.74) is 3.20. The lowest BCUT2D eigenvalue weighted by atomic mass is 10.1. The second-order valence-corrected chi connectivity index (χ2v) is 8.70. The van der Waals surface area contributed by atoms with Crippen molar-refractivity contribution in [3.8, 4) is 34.5 Å². The summed E-state index contributed by atoms with van der Waals surface area (Å²) < 4.78 is 12.8. The largest absolute Gasteiger partial charge is 0.494 e. The van der Waals surface area contributed by atoms with Gasteiger partial charge in [0.05, 0.1) is 23.9 Å². The number of nitriles is 1. The highest BCUT2D eigenvalue weighted by atomic mass is 35.5. The molecule has 0 saturated heterocycles. The molecule has 0 unspecified atom stereocenters. The maximum atomic E-state index is 13.0. The Morgan fingerprint density at radius 1 is 1.08 bits per heavy atom. The zero-order chi connectivity index (χ0) is 26.9. The van der Waals surface area contributed by atoms with Crippen molar-refractivity contribution in [2.24, 2.45) is 0 Å². The van der Waals surface area contributed by atoms with E-state index in [0.29, 0.717) is 46.7 Å². The normalized spacial score (nSPS) is 11.1. The molecule has 38 heavy (non-hydrogen) atoms. The standard InChI is InChI=1S/C30H27ClN4O3/c1-3-16-38-28-15-10-21(18-27(28)31)29-23(20-35(34-29)25-8-6-5-7-9-25)17-22(19-32)30(36)33-24-11-13-26(14-12-24)37-4-2/h5-15,17-18,20H,3-4,16H2,1-2H3,(H,33,36). The van der Waals surface area contributed by atoms with Crippen LogP contribution in [0.25, 0.3) is 23.0 Å². The molecule has 1 heterocycles. The number of amides is 1. The number of halogens is 1. The van der Waals surface area contributed by atoms with Crippen LogP contribution in [-0.2, 0) is 4.79 Å². The fraction of sp³-hybridized carbons (Fsp3) is 0.167. The van der Waals surface area contributed by atoms with Crippen LogP contribution >= 0.6 is 11.6 Å². The molecule has 0 bridgehead atoms. The van der Waals surface area contributed by atoms with E-state index in [-0.39, 0.29) is 5.57 Å². The van der Waals surface area contributed by atoms with E-state index in [9.17, 15) is 10.1 Å². The Bertz CT molecular complexity index is 1470. The molecule has 0 aliphatic rings. The van der Waals surface area contributed by atoms with Crippen molar-refractivity contribution >= 4 is 29.3 Å². The number of hydrogen-bond acceptors (Lipinski definition) is 5. The molecule has 0 radical (unpaired) electrons. The first-order valence-electron chi connectivity index (χ1n) is 12.3. The number of nitrogens with zero attached hydrogens (tertiary/aromatic N) is 3. The number of benzene rings is 3. The molecule has 7 nitrogen and oxygen atoms in total. The number of carbonyl (C=O) groups excluding carboxylic acids is 1. The summed E-state index contributed by atoms with van der Waals surface area (Å²) in [5.74, 6) is 0.755. The van der Waals surface area contributed by atoms with Crippen LogP contribution in [0.2, 0.25) is 5.02 Å². The molecule has 8 heteroatoms. The smallest absolute Gasteiger partial charge is 0.266 e. The molecule has 4 rings (SSSR count). The van der Waals surface area contributed by atoms with E-state index in [1.807, 2.05) is 56.3 Å². The number of nitrogens with one attached hydrogen (secondary N) is 1. The van der Waals surface area contributed by atoms with Gasteiger partial charge in [0.25, 0.3) is 5.91 Å². The van der Waals surface area contributed by atoms with Crippen LogP contribution in [0.3, 0.4) is 0 Å². The van der Waals surface area contributed by atoms with Gasteiger partial charge in [0.1, 0.15) is 28.8 Å². The first-order chi connectivity index (χ1) is 18.5. The summed E-state index contributed by atoms with van der Waals surface area (Å²) in [7, 11) is 0. The predicted molar refractivity (Wildman–Crippen MR) is 150 cm³/mol.